The van der Waals surface area contributed by atoms with Crippen LogP contribution in [0.25, 0.3) is 0 Å². The van der Waals surface area contributed by atoms with Crippen LogP contribution in [0.15, 0.2) is 11.1 Å². The second kappa shape index (κ2) is 4.13. The molecule has 2 unspecified atom stereocenters. The molecule has 16 heavy (non-hydrogen) atoms. The molecule has 2 rings (SSSR count). The fourth-order valence-electron chi connectivity index (χ4n) is 2.15. The Bertz CT molecular complexity index is 419. The Morgan fingerprint density at radius 3 is 2.69 bits per heavy atom. The van der Waals surface area contributed by atoms with Gasteiger partial charge in [-0.05, 0) is 13.8 Å². The van der Waals surface area contributed by atoms with E-state index in [-0.39, 0.29) is 11.2 Å². The molecule has 1 fully saturated rings. The highest BCUT2D eigenvalue weighted by Crippen LogP contribution is 2.18. The molecule has 0 spiro atoms. The van der Waals surface area contributed by atoms with Crippen LogP contribution in [0.3, 0.4) is 0 Å². The molecular formula is C10H17N5O. The molecule has 2 heterocycles. The van der Waals surface area contributed by atoms with Crippen molar-refractivity contribution in [1.82, 2.24) is 15.3 Å². The summed E-state index contributed by atoms with van der Waals surface area (Å²) in [5, 5.41) is 3.42. The van der Waals surface area contributed by atoms with E-state index in [9.17, 15) is 4.79 Å². The molecule has 1 aromatic rings. The molecule has 88 valence electrons. The first-order valence-corrected chi connectivity index (χ1v) is 5.42. The van der Waals surface area contributed by atoms with E-state index >= 15 is 0 Å². The first kappa shape index (κ1) is 10.9. The van der Waals surface area contributed by atoms with E-state index in [0.29, 0.717) is 17.9 Å². The fraction of sp³-hybridized carbons (Fsp3) is 0.600. The summed E-state index contributed by atoms with van der Waals surface area (Å²) >= 11 is 0. The first-order valence-electron chi connectivity index (χ1n) is 5.42. The second-order valence-corrected chi connectivity index (χ2v) is 4.34. The van der Waals surface area contributed by atoms with Crippen molar-refractivity contribution in [3.63, 3.8) is 0 Å². The highest BCUT2D eigenvalue weighted by Gasteiger charge is 2.23. The van der Waals surface area contributed by atoms with Crippen molar-refractivity contribution in [3.8, 4) is 0 Å². The molecule has 0 amide bonds. The highest BCUT2D eigenvalue weighted by molar-refractivity contribution is 5.61. The van der Waals surface area contributed by atoms with Gasteiger partial charge in [-0.3, -0.25) is 4.79 Å². The third-order valence-corrected chi connectivity index (χ3v) is 2.73. The number of hydrogen-bond donors (Lipinski definition) is 3. The molecule has 0 aromatic carbocycles. The predicted molar refractivity (Wildman–Crippen MR) is 63.5 cm³/mol. The number of rotatable bonds is 1. The van der Waals surface area contributed by atoms with Gasteiger partial charge in [0.05, 0.1) is 6.33 Å². The molecule has 4 N–H and O–H groups in total. The lowest BCUT2D eigenvalue weighted by Gasteiger charge is -2.37. The summed E-state index contributed by atoms with van der Waals surface area (Å²) in [6.45, 7) is 5.83. The molecular weight excluding hydrogens is 206 g/mol. The third kappa shape index (κ3) is 2.01. The van der Waals surface area contributed by atoms with Crippen LogP contribution in [0.2, 0.25) is 0 Å². The summed E-state index contributed by atoms with van der Waals surface area (Å²) in [7, 11) is 0. The number of nitrogens with zero attached hydrogens (tertiary/aromatic N) is 2. The van der Waals surface area contributed by atoms with E-state index in [1.807, 2.05) is 0 Å². The molecule has 1 aromatic heterocycles. The van der Waals surface area contributed by atoms with E-state index < -0.39 is 0 Å². The minimum absolute atomic E-state index is 0.198. The van der Waals surface area contributed by atoms with Gasteiger partial charge in [-0.1, -0.05) is 0 Å². The van der Waals surface area contributed by atoms with E-state index in [4.69, 9.17) is 5.73 Å². The average molecular weight is 223 g/mol. The molecule has 0 bridgehead atoms. The van der Waals surface area contributed by atoms with Gasteiger partial charge in [0, 0.05) is 25.2 Å². The number of nitrogens with one attached hydrogen (secondary N) is 2. The van der Waals surface area contributed by atoms with Crippen molar-refractivity contribution >= 4 is 11.5 Å². The van der Waals surface area contributed by atoms with Gasteiger partial charge in [0.25, 0.3) is 5.56 Å². The first-order chi connectivity index (χ1) is 7.58. The van der Waals surface area contributed by atoms with Crippen LogP contribution in [0.1, 0.15) is 13.8 Å². The van der Waals surface area contributed by atoms with Crippen molar-refractivity contribution in [2.45, 2.75) is 25.9 Å². The lowest BCUT2D eigenvalue weighted by Crippen LogP contribution is -2.54. The second-order valence-electron chi connectivity index (χ2n) is 4.34. The Balaban J connectivity index is 2.30. The quantitative estimate of drug-likeness (QED) is 0.599. The molecule has 1 saturated heterocycles. The van der Waals surface area contributed by atoms with Gasteiger partial charge in [-0.25, -0.2) is 4.98 Å². The molecule has 0 saturated carbocycles. The van der Waals surface area contributed by atoms with Crippen LogP contribution < -0.4 is 21.5 Å². The summed E-state index contributed by atoms with van der Waals surface area (Å²) < 4.78 is 0. The maximum atomic E-state index is 11.4. The number of aromatic amines is 1. The van der Waals surface area contributed by atoms with Gasteiger partial charge in [0.2, 0.25) is 0 Å². The molecule has 6 nitrogen and oxygen atoms in total. The van der Waals surface area contributed by atoms with Crippen LogP contribution in [0, 0.1) is 0 Å². The number of nitrogens with two attached hydrogens (primary N) is 1. The van der Waals surface area contributed by atoms with Crippen LogP contribution >= 0.6 is 0 Å². The standard InChI is InChI=1S/C10H17N5O/c1-6-3-15(4-7(2)14-6)9-8(11)10(16)13-5-12-9/h5-7,14H,3-4,11H2,1-2H3,(H,12,13,16). The molecule has 1 aliphatic rings. The van der Waals surface area contributed by atoms with E-state index in [2.05, 4.69) is 34.0 Å². The molecule has 1 aliphatic heterocycles. The third-order valence-electron chi connectivity index (χ3n) is 2.73. The van der Waals surface area contributed by atoms with Crippen LogP contribution in [-0.4, -0.2) is 35.1 Å². The summed E-state index contributed by atoms with van der Waals surface area (Å²) in [6, 6.07) is 0.730. The minimum Gasteiger partial charge on any atom is -0.391 e. The van der Waals surface area contributed by atoms with Crippen LogP contribution in [0.4, 0.5) is 11.5 Å². The highest BCUT2D eigenvalue weighted by atomic mass is 16.1. The summed E-state index contributed by atoms with van der Waals surface area (Å²) in [4.78, 5) is 20.1. The predicted octanol–water partition coefficient (Wildman–Crippen LogP) is -0.461. The van der Waals surface area contributed by atoms with Crippen LogP contribution in [-0.2, 0) is 0 Å². The Kier molecular flexibility index (Phi) is 2.82. The summed E-state index contributed by atoms with van der Waals surface area (Å²) in [5.41, 5.74) is 5.66. The Morgan fingerprint density at radius 1 is 1.44 bits per heavy atom. The smallest absolute Gasteiger partial charge is 0.276 e. The van der Waals surface area contributed by atoms with Crippen molar-refractivity contribution < 1.29 is 0 Å². The van der Waals surface area contributed by atoms with E-state index in [1.54, 1.807) is 0 Å². The molecule has 2 atom stereocenters. The van der Waals surface area contributed by atoms with Gasteiger partial charge in [-0.2, -0.15) is 0 Å². The maximum absolute atomic E-state index is 11.4. The normalized spacial score (nSPS) is 25.8. The summed E-state index contributed by atoms with van der Waals surface area (Å²) in [5.74, 6) is 0.587. The Labute approximate surface area is 93.9 Å². The zero-order valence-electron chi connectivity index (χ0n) is 9.53. The largest absolute Gasteiger partial charge is 0.391 e. The lowest BCUT2D eigenvalue weighted by molar-refractivity contribution is 0.405. The van der Waals surface area contributed by atoms with Gasteiger partial charge < -0.3 is 20.9 Å². The Hall–Kier alpha value is -1.56. The number of nitrogen functional groups attached to an aromatic ring is 1. The summed E-state index contributed by atoms with van der Waals surface area (Å²) in [6.07, 6.45) is 1.39. The minimum atomic E-state index is -0.274. The zero-order chi connectivity index (χ0) is 11.7. The molecule has 0 aliphatic carbocycles. The number of piperazine rings is 1. The molecule has 0 radical (unpaired) electrons. The van der Waals surface area contributed by atoms with Crippen molar-refractivity contribution in [2.75, 3.05) is 23.7 Å². The maximum Gasteiger partial charge on any atom is 0.276 e. The van der Waals surface area contributed by atoms with Gasteiger partial charge >= 0.3 is 0 Å². The van der Waals surface area contributed by atoms with Crippen molar-refractivity contribution in [2.24, 2.45) is 0 Å². The monoisotopic (exact) mass is 223 g/mol. The number of H-pyrrole nitrogens is 1. The number of anilines is 2. The fourth-order valence-corrected chi connectivity index (χ4v) is 2.15. The number of aromatic nitrogens is 2. The average Bonchev–Trinajstić information content (AvgIpc) is 2.20. The molecule has 6 heteroatoms. The van der Waals surface area contributed by atoms with Crippen molar-refractivity contribution in [3.05, 3.63) is 16.7 Å². The van der Waals surface area contributed by atoms with E-state index in [1.165, 1.54) is 6.33 Å². The van der Waals surface area contributed by atoms with Crippen molar-refractivity contribution in [1.29, 1.82) is 0 Å². The number of hydrogen-bond acceptors (Lipinski definition) is 5. The topological polar surface area (TPSA) is 87.0 Å². The Morgan fingerprint density at radius 2 is 2.06 bits per heavy atom. The SMILES string of the molecule is CC1CN(c2nc[nH]c(=O)c2N)CC(C)N1. The zero-order valence-corrected chi connectivity index (χ0v) is 9.53. The van der Waals surface area contributed by atoms with E-state index in [0.717, 1.165) is 13.1 Å². The lowest BCUT2D eigenvalue weighted by atomic mass is 10.1. The van der Waals surface area contributed by atoms with Gasteiger partial charge in [0.1, 0.15) is 5.69 Å². The van der Waals surface area contributed by atoms with Gasteiger partial charge in [0.15, 0.2) is 5.82 Å². The van der Waals surface area contributed by atoms with Crippen LogP contribution in [0.5, 0.6) is 0 Å². The van der Waals surface area contributed by atoms with Gasteiger partial charge in [-0.15, -0.1) is 0 Å².